The average molecular weight is 305 g/mol. The van der Waals surface area contributed by atoms with Crippen LogP contribution in [-0.2, 0) is 13.0 Å². The number of methoxy groups -OCH3 is 2. The molecule has 2 rings (SSSR count). The third kappa shape index (κ3) is 3.53. The van der Waals surface area contributed by atoms with Gasteiger partial charge in [-0.1, -0.05) is 13.3 Å². The molecule has 5 nitrogen and oxygen atoms in total. The average Bonchev–Trinajstić information content (AvgIpc) is 2.88. The van der Waals surface area contributed by atoms with Gasteiger partial charge in [0.15, 0.2) is 11.5 Å². The predicted molar refractivity (Wildman–Crippen MR) is 89.7 cm³/mol. The highest BCUT2D eigenvalue weighted by atomic mass is 16.5. The third-order valence-corrected chi connectivity index (χ3v) is 3.92. The lowest BCUT2D eigenvalue weighted by molar-refractivity contribution is 0.355. The molecule has 2 N–H and O–H groups in total. The molecule has 0 unspecified atom stereocenters. The number of nitrogens with zero attached hydrogens (tertiary/aromatic N) is 2. The van der Waals surface area contributed by atoms with Crippen molar-refractivity contribution in [3.05, 3.63) is 18.0 Å². The van der Waals surface area contributed by atoms with Crippen molar-refractivity contribution in [3.63, 3.8) is 0 Å². The molecule has 0 atom stereocenters. The van der Waals surface area contributed by atoms with Gasteiger partial charge < -0.3 is 19.8 Å². The minimum absolute atomic E-state index is 0.726. The van der Waals surface area contributed by atoms with Gasteiger partial charge in [0.25, 0.3) is 0 Å². The standard InChI is InChI=1S/C17H27N3O2/c1-4-5-8-17-19-13-11-15(21-2)16(22-3)12-14(13)20(17)10-7-6-9-18/h11-12H,4-10,18H2,1-3H3. The van der Waals surface area contributed by atoms with Crippen molar-refractivity contribution in [2.24, 2.45) is 5.73 Å². The topological polar surface area (TPSA) is 62.3 Å². The fourth-order valence-corrected chi connectivity index (χ4v) is 2.69. The second-order valence-electron chi connectivity index (χ2n) is 5.47. The van der Waals surface area contributed by atoms with Crippen molar-refractivity contribution in [3.8, 4) is 11.5 Å². The molecular formula is C17H27N3O2. The van der Waals surface area contributed by atoms with Gasteiger partial charge in [-0.25, -0.2) is 4.98 Å². The van der Waals surface area contributed by atoms with Crippen molar-refractivity contribution >= 4 is 11.0 Å². The molecule has 0 radical (unpaired) electrons. The van der Waals surface area contributed by atoms with Crippen LogP contribution in [0.4, 0.5) is 0 Å². The molecule has 0 fully saturated rings. The fourth-order valence-electron chi connectivity index (χ4n) is 2.69. The summed E-state index contributed by atoms with van der Waals surface area (Å²) in [7, 11) is 3.32. The van der Waals surface area contributed by atoms with Gasteiger partial charge in [0.1, 0.15) is 5.82 Å². The summed E-state index contributed by atoms with van der Waals surface area (Å²) in [6, 6.07) is 3.99. The Morgan fingerprint density at radius 2 is 1.82 bits per heavy atom. The maximum Gasteiger partial charge on any atom is 0.163 e. The van der Waals surface area contributed by atoms with E-state index < -0.39 is 0 Å². The summed E-state index contributed by atoms with van der Waals surface area (Å²) in [6.07, 6.45) is 5.40. The number of nitrogens with two attached hydrogens (primary N) is 1. The van der Waals surface area contributed by atoms with Gasteiger partial charge in [-0.2, -0.15) is 0 Å². The Hall–Kier alpha value is -1.75. The fraction of sp³-hybridized carbons (Fsp3) is 0.588. The molecule has 0 saturated carbocycles. The number of unbranched alkanes of at least 4 members (excludes halogenated alkanes) is 2. The van der Waals surface area contributed by atoms with Crippen molar-refractivity contribution in [1.82, 2.24) is 9.55 Å². The van der Waals surface area contributed by atoms with Crippen LogP contribution < -0.4 is 15.2 Å². The van der Waals surface area contributed by atoms with Gasteiger partial charge >= 0.3 is 0 Å². The Bertz CT molecular complexity index is 607. The molecule has 0 aliphatic heterocycles. The Morgan fingerprint density at radius 3 is 2.45 bits per heavy atom. The summed E-state index contributed by atoms with van der Waals surface area (Å²) in [5.74, 6) is 2.62. The molecule has 0 amide bonds. The van der Waals surface area contributed by atoms with Gasteiger partial charge in [0.05, 0.1) is 25.3 Å². The van der Waals surface area contributed by atoms with Crippen LogP contribution in [-0.4, -0.2) is 30.3 Å². The number of hydrogen-bond acceptors (Lipinski definition) is 4. The molecule has 0 aliphatic carbocycles. The van der Waals surface area contributed by atoms with Crippen molar-refractivity contribution < 1.29 is 9.47 Å². The normalized spacial score (nSPS) is 11.1. The molecule has 2 aromatic rings. The highest BCUT2D eigenvalue weighted by Gasteiger charge is 2.14. The number of benzene rings is 1. The minimum atomic E-state index is 0.726. The SMILES string of the molecule is CCCCc1nc2cc(OC)c(OC)cc2n1CCCCN. The quantitative estimate of drug-likeness (QED) is 0.723. The molecule has 0 saturated heterocycles. The molecule has 0 bridgehead atoms. The van der Waals surface area contributed by atoms with Crippen LogP contribution in [0.3, 0.4) is 0 Å². The lowest BCUT2D eigenvalue weighted by Crippen LogP contribution is -2.07. The number of fused-ring (bicyclic) bond motifs is 1. The van der Waals surface area contributed by atoms with E-state index >= 15 is 0 Å². The molecule has 122 valence electrons. The van der Waals surface area contributed by atoms with Gasteiger partial charge in [0, 0.05) is 25.1 Å². The molecule has 0 spiro atoms. The molecule has 0 aliphatic rings. The van der Waals surface area contributed by atoms with Gasteiger partial charge in [-0.15, -0.1) is 0 Å². The van der Waals surface area contributed by atoms with Crippen molar-refractivity contribution in [2.75, 3.05) is 20.8 Å². The number of imidazole rings is 1. The molecular weight excluding hydrogens is 278 g/mol. The Kier molecular flexibility index (Phi) is 6.07. The van der Waals surface area contributed by atoms with E-state index in [2.05, 4.69) is 11.5 Å². The molecule has 1 aromatic heterocycles. The summed E-state index contributed by atoms with van der Waals surface area (Å²) in [6.45, 7) is 3.88. The first kappa shape index (κ1) is 16.6. The van der Waals surface area contributed by atoms with Gasteiger partial charge in [-0.05, 0) is 25.8 Å². The maximum absolute atomic E-state index is 5.62. The predicted octanol–water partition coefficient (Wildman–Crippen LogP) is 3.14. The zero-order valence-electron chi connectivity index (χ0n) is 13.9. The van der Waals surface area contributed by atoms with Crippen LogP contribution in [0.5, 0.6) is 11.5 Å². The summed E-state index contributed by atoms with van der Waals surface area (Å²) < 4.78 is 13.1. The van der Waals surface area contributed by atoms with Crippen LogP contribution in [0.2, 0.25) is 0 Å². The summed E-state index contributed by atoms with van der Waals surface area (Å²) in [4.78, 5) is 4.81. The van der Waals surface area contributed by atoms with Gasteiger partial charge in [-0.3, -0.25) is 0 Å². The van der Waals surface area contributed by atoms with Crippen LogP contribution in [0.25, 0.3) is 11.0 Å². The first-order chi connectivity index (χ1) is 10.7. The minimum Gasteiger partial charge on any atom is -0.493 e. The molecule has 5 heteroatoms. The second-order valence-corrected chi connectivity index (χ2v) is 5.47. The van der Waals surface area contributed by atoms with E-state index in [1.807, 2.05) is 12.1 Å². The Labute approximate surface area is 132 Å². The number of aryl methyl sites for hydroxylation is 2. The molecule has 1 heterocycles. The zero-order valence-corrected chi connectivity index (χ0v) is 13.9. The zero-order chi connectivity index (χ0) is 15.9. The molecule has 1 aromatic carbocycles. The first-order valence-corrected chi connectivity index (χ1v) is 8.06. The Balaban J connectivity index is 2.44. The lowest BCUT2D eigenvalue weighted by atomic mass is 10.2. The monoisotopic (exact) mass is 305 g/mol. The first-order valence-electron chi connectivity index (χ1n) is 8.06. The van der Waals surface area contributed by atoms with E-state index in [1.165, 1.54) is 6.42 Å². The highest BCUT2D eigenvalue weighted by molar-refractivity contribution is 5.80. The summed E-state index contributed by atoms with van der Waals surface area (Å²) in [5.41, 5.74) is 7.70. The lowest BCUT2D eigenvalue weighted by Gasteiger charge is -2.11. The summed E-state index contributed by atoms with van der Waals surface area (Å²) >= 11 is 0. The van der Waals surface area contributed by atoms with Crippen LogP contribution in [0.1, 0.15) is 38.4 Å². The van der Waals surface area contributed by atoms with E-state index in [1.54, 1.807) is 14.2 Å². The largest absolute Gasteiger partial charge is 0.493 e. The Morgan fingerprint density at radius 1 is 1.09 bits per heavy atom. The van der Waals surface area contributed by atoms with E-state index in [4.69, 9.17) is 20.2 Å². The third-order valence-electron chi connectivity index (χ3n) is 3.92. The smallest absolute Gasteiger partial charge is 0.163 e. The van der Waals surface area contributed by atoms with Crippen molar-refractivity contribution in [1.29, 1.82) is 0 Å². The number of ether oxygens (including phenoxy) is 2. The van der Waals surface area contributed by atoms with E-state index in [-0.39, 0.29) is 0 Å². The number of rotatable bonds is 9. The van der Waals surface area contributed by atoms with Crippen LogP contribution in [0.15, 0.2) is 12.1 Å². The highest BCUT2D eigenvalue weighted by Crippen LogP contribution is 2.32. The summed E-state index contributed by atoms with van der Waals surface area (Å²) in [5, 5.41) is 0. The van der Waals surface area contributed by atoms with E-state index in [0.717, 1.165) is 67.1 Å². The number of aromatic nitrogens is 2. The second kappa shape index (κ2) is 8.03. The molecule has 22 heavy (non-hydrogen) atoms. The van der Waals surface area contributed by atoms with Crippen molar-refractivity contribution in [2.45, 2.75) is 45.6 Å². The number of hydrogen-bond donors (Lipinski definition) is 1. The van der Waals surface area contributed by atoms with E-state index in [0.29, 0.717) is 0 Å². The maximum atomic E-state index is 5.62. The van der Waals surface area contributed by atoms with Crippen LogP contribution >= 0.6 is 0 Å². The van der Waals surface area contributed by atoms with Crippen LogP contribution in [0, 0.1) is 0 Å². The van der Waals surface area contributed by atoms with Gasteiger partial charge in [0.2, 0.25) is 0 Å². The van der Waals surface area contributed by atoms with E-state index in [9.17, 15) is 0 Å².